The van der Waals surface area contributed by atoms with Gasteiger partial charge in [-0.15, -0.1) is 0 Å². The van der Waals surface area contributed by atoms with Crippen LogP contribution in [-0.4, -0.2) is 26.4 Å². The van der Waals surface area contributed by atoms with E-state index in [1.165, 1.54) is 0 Å². The van der Waals surface area contributed by atoms with Gasteiger partial charge in [0.1, 0.15) is 11.5 Å². The van der Waals surface area contributed by atoms with E-state index in [9.17, 15) is 5.02 Å². The SMILES string of the molecule is COc1ccc(C2OB(O)C(c3cccc(OC)c3)=C2c2ccccc2)cc1. The Morgan fingerprint density at radius 2 is 1.46 bits per heavy atom. The molecule has 0 amide bonds. The summed E-state index contributed by atoms with van der Waals surface area (Å²) >= 11 is 0. The van der Waals surface area contributed by atoms with Crippen molar-refractivity contribution in [2.45, 2.75) is 6.10 Å². The molecule has 0 aromatic heterocycles. The number of hydrogen-bond donors (Lipinski definition) is 1. The van der Waals surface area contributed by atoms with Crippen molar-refractivity contribution < 1.29 is 19.2 Å². The molecule has 140 valence electrons. The van der Waals surface area contributed by atoms with Crippen molar-refractivity contribution in [3.63, 3.8) is 0 Å². The Bertz CT molecular complexity index is 983. The first-order chi connectivity index (χ1) is 13.7. The highest BCUT2D eigenvalue weighted by molar-refractivity contribution is 6.71. The molecule has 4 rings (SSSR count). The minimum atomic E-state index is -1.03. The van der Waals surface area contributed by atoms with E-state index in [0.29, 0.717) is 0 Å². The highest BCUT2D eigenvalue weighted by Crippen LogP contribution is 2.46. The van der Waals surface area contributed by atoms with Gasteiger partial charge in [0.05, 0.1) is 20.3 Å². The lowest BCUT2D eigenvalue weighted by atomic mass is 9.72. The van der Waals surface area contributed by atoms with Crippen LogP contribution in [0.15, 0.2) is 78.9 Å². The molecule has 1 atom stereocenters. The van der Waals surface area contributed by atoms with Crippen LogP contribution in [-0.2, 0) is 4.65 Å². The van der Waals surface area contributed by atoms with Crippen LogP contribution in [0, 0.1) is 0 Å². The number of methoxy groups -OCH3 is 2. The van der Waals surface area contributed by atoms with Crippen LogP contribution >= 0.6 is 0 Å². The summed E-state index contributed by atoms with van der Waals surface area (Å²) in [5.74, 6) is 1.51. The Balaban J connectivity index is 1.88. The summed E-state index contributed by atoms with van der Waals surface area (Å²) in [6.45, 7) is 0. The zero-order chi connectivity index (χ0) is 19.5. The van der Waals surface area contributed by atoms with Crippen LogP contribution in [0.3, 0.4) is 0 Å². The maximum Gasteiger partial charge on any atom is 0.492 e. The number of hydrogen-bond acceptors (Lipinski definition) is 4. The molecule has 0 bridgehead atoms. The Morgan fingerprint density at radius 3 is 2.14 bits per heavy atom. The Kier molecular flexibility index (Phi) is 5.19. The van der Waals surface area contributed by atoms with Crippen molar-refractivity contribution >= 4 is 18.2 Å². The summed E-state index contributed by atoms with van der Waals surface area (Å²) in [5, 5.41) is 10.8. The van der Waals surface area contributed by atoms with Crippen LogP contribution in [0.2, 0.25) is 0 Å². The molecule has 28 heavy (non-hydrogen) atoms. The molecule has 1 heterocycles. The molecule has 0 aliphatic carbocycles. The molecule has 3 aromatic rings. The fraction of sp³-hybridized carbons (Fsp3) is 0.130. The summed E-state index contributed by atoms with van der Waals surface area (Å²) in [6, 6.07) is 25.4. The summed E-state index contributed by atoms with van der Waals surface area (Å²) in [4.78, 5) is 0. The molecule has 0 saturated heterocycles. The van der Waals surface area contributed by atoms with Crippen LogP contribution in [0.1, 0.15) is 22.8 Å². The van der Waals surface area contributed by atoms with Crippen molar-refractivity contribution in [2.75, 3.05) is 14.2 Å². The van der Waals surface area contributed by atoms with Crippen molar-refractivity contribution in [3.8, 4) is 11.5 Å². The van der Waals surface area contributed by atoms with Gasteiger partial charge in [0.2, 0.25) is 0 Å². The Hall–Kier alpha value is -3.02. The molecule has 1 N–H and O–H groups in total. The lowest BCUT2D eigenvalue weighted by molar-refractivity contribution is 0.236. The molecule has 3 aromatic carbocycles. The smallest absolute Gasteiger partial charge is 0.492 e. The molecule has 0 radical (unpaired) electrons. The quantitative estimate of drug-likeness (QED) is 0.675. The summed E-state index contributed by atoms with van der Waals surface area (Å²) < 4.78 is 16.7. The summed E-state index contributed by atoms with van der Waals surface area (Å²) in [7, 11) is 2.24. The molecular formula is C23H21BO4. The zero-order valence-electron chi connectivity index (χ0n) is 15.8. The maximum atomic E-state index is 10.8. The van der Waals surface area contributed by atoms with E-state index in [0.717, 1.165) is 39.2 Å². The second kappa shape index (κ2) is 7.93. The summed E-state index contributed by atoms with van der Waals surface area (Å²) in [6.07, 6.45) is -0.385. The van der Waals surface area contributed by atoms with E-state index in [4.69, 9.17) is 14.1 Å². The summed E-state index contributed by atoms with van der Waals surface area (Å²) in [5.41, 5.74) is 4.55. The first-order valence-corrected chi connectivity index (χ1v) is 9.12. The van der Waals surface area contributed by atoms with Crippen molar-refractivity contribution in [3.05, 3.63) is 95.6 Å². The predicted octanol–water partition coefficient (Wildman–Crippen LogP) is 4.41. The van der Waals surface area contributed by atoms with Crippen LogP contribution in [0.5, 0.6) is 11.5 Å². The first kappa shape index (κ1) is 18.4. The Morgan fingerprint density at radius 1 is 0.786 bits per heavy atom. The molecule has 4 nitrogen and oxygen atoms in total. The first-order valence-electron chi connectivity index (χ1n) is 9.12. The highest BCUT2D eigenvalue weighted by atomic mass is 16.5. The van der Waals surface area contributed by atoms with E-state index in [1.807, 2.05) is 78.9 Å². The average molecular weight is 372 g/mol. The third-order valence-electron chi connectivity index (χ3n) is 4.95. The third-order valence-corrected chi connectivity index (χ3v) is 4.95. The lowest BCUT2D eigenvalue weighted by Gasteiger charge is -2.17. The molecule has 0 saturated carbocycles. The van der Waals surface area contributed by atoms with Gasteiger partial charge in [-0.25, -0.2) is 0 Å². The molecule has 1 aliphatic rings. The molecule has 0 spiro atoms. The minimum absolute atomic E-state index is 0.385. The molecule has 1 unspecified atom stereocenters. The average Bonchev–Trinajstić information content (AvgIpc) is 3.11. The van der Waals surface area contributed by atoms with E-state index >= 15 is 0 Å². The van der Waals surface area contributed by atoms with Gasteiger partial charge in [0, 0.05) is 0 Å². The van der Waals surface area contributed by atoms with E-state index < -0.39 is 7.12 Å². The second-order valence-corrected chi connectivity index (χ2v) is 6.57. The predicted molar refractivity (Wildman–Crippen MR) is 111 cm³/mol. The van der Waals surface area contributed by atoms with Crippen molar-refractivity contribution in [2.24, 2.45) is 0 Å². The van der Waals surface area contributed by atoms with Gasteiger partial charge in [-0.3, -0.25) is 0 Å². The normalized spacial score (nSPS) is 16.4. The van der Waals surface area contributed by atoms with Crippen LogP contribution in [0.25, 0.3) is 11.0 Å². The van der Waals surface area contributed by atoms with E-state index in [2.05, 4.69) is 0 Å². The Labute approximate surface area is 165 Å². The largest absolute Gasteiger partial charge is 0.497 e. The fourth-order valence-corrected chi connectivity index (χ4v) is 3.58. The fourth-order valence-electron chi connectivity index (χ4n) is 3.58. The minimum Gasteiger partial charge on any atom is -0.497 e. The van der Waals surface area contributed by atoms with Crippen molar-refractivity contribution in [1.29, 1.82) is 0 Å². The van der Waals surface area contributed by atoms with Crippen molar-refractivity contribution in [1.82, 2.24) is 0 Å². The van der Waals surface area contributed by atoms with Gasteiger partial charge in [-0.1, -0.05) is 54.6 Å². The van der Waals surface area contributed by atoms with Gasteiger partial charge in [0.25, 0.3) is 0 Å². The standard InChI is InChI=1S/C23H21BO4/c1-26-19-13-11-17(12-14-19)23-21(16-7-4-3-5-8-16)22(24(25)28-23)18-9-6-10-20(15-18)27-2/h3-15,23,25H,1-2H3. The van der Waals surface area contributed by atoms with Gasteiger partial charge < -0.3 is 19.2 Å². The number of benzene rings is 3. The number of rotatable bonds is 5. The van der Waals surface area contributed by atoms with Gasteiger partial charge >= 0.3 is 7.12 Å². The molecule has 0 fully saturated rings. The van der Waals surface area contributed by atoms with Gasteiger partial charge in [-0.2, -0.15) is 0 Å². The van der Waals surface area contributed by atoms with Gasteiger partial charge in [0.15, 0.2) is 0 Å². The monoisotopic (exact) mass is 372 g/mol. The van der Waals surface area contributed by atoms with Gasteiger partial charge in [-0.05, 0) is 52.0 Å². The van der Waals surface area contributed by atoms with E-state index in [-0.39, 0.29) is 6.10 Å². The third kappa shape index (κ3) is 3.42. The molecular weight excluding hydrogens is 351 g/mol. The molecule has 5 heteroatoms. The van der Waals surface area contributed by atoms with Crippen LogP contribution in [0.4, 0.5) is 0 Å². The zero-order valence-corrected chi connectivity index (χ0v) is 15.8. The van der Waals surface area contributed by atoms with Crippen LogP contribution < -0.4 is 9.47 Å². The second-order valence-electron chi connectivity index (χ2n) is 6.57. The number of ether oxygens (including phenoxy) is 2. The maximum absolute atomic E-state index is 10.8. The topological polar surface area (TPSA) is 47.9 Å². The highest BCUT2D eigenvalue weighted by Gasteiger charge is 2.39. The van der Waals surface area contributed by atoms with E-state index in [1.54, 1.807) is 14.2 Å². The molecule has 1 aliphatic heterocycles. The lowest BCUT2D eigenvalue weighted by Crippen LogP contribution is -2.15.